The molecule has 0 saturated carbocycles. The zero-order valence-corrected chi connectivity index (χ0v) is 13.5. The van der Waals surface area contributed by atoms with Crippen LogP contribution < -0.4 is 0 Å². The molecule has 0 amide bonds. The van der Waals surface area contributed by atoms with Crippen LogP contribution >= 0.6 is 11.6 Å². The van der Waals surface area contributed by atoms with Crippen LogP contribution in [0, 0.1) is 6.92 Å². The van der Waals surface area contributed by atoms with Crippen molar-refractivity contribution in [1.82, 2.24) is 9.38 Å². The number of hydrogen-bond acceptors (Lipinski definition) is 3. The van der Waals surface area contributed by atoms with Crippen LogP contribution in [-0.4, -0.2) is 9.38 Å². The van der Waals surface area contributed by atoms with Gasteiger partial charge in [-0.05, 0) is 36.6 Å². The highest BCUT2D eigenvalue weighted by Crippen LogP contribution is 2.31. The van der Waals surface area contributed by atoms with Crippen LogP contribution in [0.3, 0.4) is 0 Å². The van der Waals surface area contributed by atoms with Gasteiger partial charge < -0.3 is 0 Å². The van der Waals surface area contributed by atoms with Gasteiger partial charge in [-0.15, -0.1) is 10.2 Å². The normalized spacial score (nSPS) is 11.9. The summed E-state index contributed by atoms with van der Waals surface area (Å²) in [7, 11) is 0. The maximum absolute atomic E-state index is 6.13. The summed E-state index contributed by atoms with van der Waals surface area (Å²) in [5, 5.41) is 9.32. The van der Waals surface area contributed by atoms with Crippen molar-refractivity contribution in [2.75, 3.05) is 0 Å². The quantitative estimate of drug-likeness (QED) is 0.560. The number of pyridine rings is 1. The Bertz CT molecular complexity index is 849. The van der Waals surface area contributed by atoms with Gasteiger partial charge in [0.1, 0.15) is 11.3 Å². The molecule has 4 nitrogen and oxygen atoms in total. The molecule has 0 bridgehead atoms. The monoisotopic (exact) mass is 312 g/mol. The number of azo groups is 1. The lowest BCUT2D eigenvalue weighted by atomic mass is 10.1. The maximum atomic E-state index is 6.13. The van der Waals surface area contributed by atoms with Crippen LogP contribution in [0.25, 0.3) is 5.65 Å². The minimum Gasteiger partial charge on any atom is -0.283 e. The number of rotatable bonds is 3. The molecule has 3 rings (SSSR count). The molecule has 0 unspecified atom stereocenters. The molecule has 3 aromatic rings. The average molecular weight is 313 g/mol. The topological polar surface area (TPSA) is 42.0 Å². The van der Waals surface area contributed by atoms with Crippen LogP contribution in [0.4, 0.5) is 11.5 Å². The van der Waals surface area contributed by atoms with E-state index in [1.165, 1.54) is 0 Å². The fraction of sp³-hybridized carbons (Fsp3) is 0.235. The molecule has 0 fully saturated rings. The van der Waals surface area contributed by atoms with Crippen LogP contribution in [0.1, 0.15) is 31.0 Å². The molecule has 22 heavy (non-hydrogen) atoms. The summed E-state index contributed by atoms with van der Waals surface area (Å²) >= 11 is 6.13. The third-order valence-electron chi connectivity index (χ3n) is 3.42. The fourth-order valence-electron chi connectivity index (χ4n) is 2.28. The van der Waals surface area contributed by atoms with Crippen LogP contribution in [0.5, 0.6) is 0 Å². The number of imidazole rings is 1. The molecule has 0 atom stereocenters. The van der Waals surface area contributed by atoms with Gasteiger partial charge in [0.2, 0.25) is 0 Å². The molecule has 0 spiro atoms. The summed E-state index contributed by atoms with van der Waals surface area (Å²) in [4.78, 5) is 4.66. The standard InChI is InChI=1S/C17H17ClN4/c1-11(2)16-17(21-20-14-7-5-4-6-13(14)18)22-10-12(3)8-9-15(22)19-16/h4-11H,1-3H3. The van der Waals surface area contributed by atoms with E-state index in [-0.39, 0.29) is 5.92 Å². The first-order valence-corrected chi connectivity index (χ1v) is 7.59. The van der Waals surface area contributed by atoms with Crippen LogP contribution in [-0.2, 0) is 0 Å². The van der Waals surface area contributed by atoms with E-state index in [0.29, 0.717) is 10.7 Å². The second-order valence-corrected chi connectivity index (χ2v) is 5.97. The van der Waals surface area contributed by atoms with E-state index >= 15 is 0 Å². The number of hydrogen-bond donors (Lipinski definition) is 0. The van der Waals surface area contributed by atoms with E-state index in [1.54, 1.807) is 6.07 Å². The lowest BCUT2D eigenvalue weighted by Crippen LogP contribution is -1.88. The number of halogens is 1. The summed E-state index contributed by atoms with van der Waals surface area (Å²) in [5.41, 5.74) is 3.61. The molecule has 0 aliphatic heterocycles. The molecule has 0 radical (unpaired) electrons. The number of aromatic nitrogens is 2. The maximum Gasteiger partial charge on any atom is 0.183 e. The van der Waals surface area contributed by atoms with Crippen molar-refractivity contribution in [3.05, 3.63) is 58.9 Å². The van der Waals surface area contributed by atoms with Crippen molar-refractivity contribution in [2.45, 2.75) is 26.7 Å². The zero-order valence-electron chi connectivity index (χ0n) is 12.8. The Kier molecular flexibility index (Phi) is 3.94. The molecule has 0 N–H and O–H groups in total. The fourth-order valence-corrected chi connectivity index (χ4v) is 2.45. The van der Waals surface area contributed by atoms with E-state index < -0.39 is 0 Å². The molecule has 5 heteroatoms. The molecule has 1 aromatic carbocycles. The van der Waals surface area contributed by atoms with Gasteiger partial charge >= 0.3 is 0 Å². The number of benzene rings is 1. The van der Waals surface area contributed by atoms with Gasteiger partial charge in [-0.3, -0.25) is 4.40 Å². The summed E-state index contributed by atoms with van der Waals surface area (Å²) in [6.45, 7) is 6.25. The van der Waals surface area contributed by atoms with E-state index in [9.17, 15) is 0 Å². The van der Waals surface area contributed by atoms with Crippen molar-refractivity contribution >= 4 is 28.8 Å². The van der Waals surface area contributed by atoms with Gasteiger partial charge in [0.25, 0.3) is 0 Å². The highest BCUT2D eigenvalue weighted by atomic mass is 35.5. The van der Waals surface area contributed by atoms with Crippen LogP contribution in [0.15, 0.2) is 52.8 Å². The predicted octanol–water partition coefficient (Wildman–Crippen LogP) is 5.83. The number of fused-ring (bicyclic) bond motifs is 1. The van der Waals surface area contributed by atoms with Gasteiger partial charge in [-0.2, -0.15) is 0 Å². The molecule has 0 saturated heterocycles. The lowest BCUT2D eigenvalue weighted by Gasteiger charge is -2.02. The molecular weight excluding hydrogens is 296 g/mol. The minimum atomic E-state index is 0.264. The van der Waals surface area contributed by atoms with Crippen molar-refractivity contribution < 1.29 is 0 Å². The number of nitrogens with zero attached hydrogens (tertiary/aromatic N) is 4. The SMILES string of the molecule is Cc1ccc2nc(C(C)C)c(N=Nc3ccccc3Cl)n2c1. The van der Waals surface area contributed by atoms with Crippen LogP contribution in [0.2, 0.25) is 5.02 Å². The highest BCUT2D eigenvalue weighted by molar-refractivity contribution is 6.32. The van der Waals surface area contributed by atoms with Gasteiger partial charge in [-0.25, -0.2) is 4.98 Å². The van der Waals surface area contributed by atoms with Crippen molar-refractivity contribution in [3.63, 3.8) is 0 Å². The summed E-state index contributed by atoms with van der Waals surface area (Å²) in [6, 6.07) is 11.4. The Morgan fingerprint density at radius 3 is 2.59 bits per heavy atom. The Morgan fingerprint density at radius 1 is 1.09 bits per heavy atom. The van der Waals surface area contributed by atoms with Gasteiger partial charge in [0, 0.05) is 6.20 Å². The van der Waals surface area contributed by atoms with Gasteiger partial charge in [0.15, 0.2) is 5.82 Å². The second kappa shape index (κ2) is 5.89. The first-order chi connectivity index (χ1) is 10.6. The molecule has 0 aliphatic rings. The minimum absolute atomic E-state index is 0.264. The Balaban J connectivity index is 2.14. The smallest absolute Gasteiger partial charge is 0.183 e. The molecular formula is C17H17ClN4. The molecule has 2 heterocycles. The second-order valence-electron chi connectivity index (χ2n) is 5.56. The third kappa shape index (κ3) is 2.74. The number of aryl methyl sites for hydroxylation is 1. The zero-order chi connectivity index (χ0) is 15.7. The largest absolute Gasteiger partial charge is 0.283 e. The Labute approximate surface area is 134 Å². The summed E-state index contributed by atoms with van der Waals surface area (Å²) in [5.74, 6) is 1.02. The van der Waals surface area contributed by atoms with E-state index in [2.05, 4.69) is 29.1 Å². The Hall–Kier alpha value is -2.20. The summed E-state index contributed by atoms with van der Waals surface area (Å²) in [6.07, 6.45) is 2.02. The van der Waals surface area contributed by atoms with Gasteiger partial charge in [-0.1, -0.05) is 43.6 Å². The lowest BCUT2D eigenvalue weighted by molar-refractivity contribution is 0.831. The molecule has 2 aromatic heterocycles. The van der Waals surface area contributed by atoms with Crippen molar-refractivity contribution in [3.8, 4) is 0 Å². The predicted molar refractivity (Wildman–Crippen MR) is 89.6 cm³/mol. The third-order valence-corrected chi connectivity index (χ3v) is 3.74. The highest BCUT2D eigenvalue weighted by Gasteiger charge is 2.15. The molecule has 112 valence electrons. The van der Waals surface area contributed by atoms with Crippen molar-refractivity contribution in [1.29, 1.82) is 0 Å². The average Bonchev–Trinajstić information content (AvgIpc) is 2.84. The van der Waals surface area contributed by atoms with Crippen molar-refractivity contribution in [2.24, 2.45) is 10.2 Å². The summed E-state index contributed by atoms with van der Waals surface area (Å²) < 4.78 is 1.98. The first kappa shape index (κ1) is 14.7. The van der Waals surface area contributed by atoms with E-state index in [0.717, 1.165) is 22.7 Å². The Morgan fingerprint density at radius 2 is 1.86 bits per heavy atom. The van der Waals surface area contributed by atoms with E-state index in [4.69, 9.17) is 11.6 Å². The first-order valence-electron chi connectivity index (χ1n) is 7.21. The molecule has 0 aliphatic carbocycles. The van der Waals surface area contributed by atoms with Gasteiger partial charge in [0.05, 0.1) is 10.7 Å². The van der Waals surface area contributed by atoms with E-state index in [1.807, 2.05) is 47.9 Å².